The van der Waals surface area contributed by atoms with Crippen LogP contribution in [0, 0.1) is 0 Å². The second kappa shape index (κ2) is 7.22. The number of hydrogen-bond acceptors (Lipinski definition) is 4. The molecule has 0 atom stereocenters. The minimum absolute atomic E-state index is 0. The van der Waals surface area contributed by atoms with Crippen molar-refractivity contribution in [1.82, 2.24) is 4.90 Å². The molecule has 0 fully saturated rings. The van der Waals surface area contributed by atoms with Crippen LogP contribution < -0.4 is 29.6 Å². The topological polar surface area (TPSA) is 66.8 Å². The summed E-state index contributed by atoms with van der Waals surface area (Å²) >= 11 is 0. The van der Waals surface area contributed by atoms with Crippen molar-refractivity contribution in [2.24, 2.45) is 0 Å². The maximum atomic E-state index is 11.2. The van der Waals surface area contributed by atoms with Gasteiger partial charge >= 0.3 is 41.5 Å². The molecule has 0 saturated heterocycles. The third kappa shape index (κ3) is 11.8. The number of nitrogens with zero attached hydrogens (tertiary/aromatic N) is 1. The molecule has 0 saturated carbocycles. The van der Waals surface area contributed by atoms with Gasteiger partial charge in [0.2, 0.25) is 0 Å². The number of aliphatic carboxylic acids is 1. The van der Waals surface area contributed by atoms with E-state index in [1.165, 1.54) is 4.90 Å². The van der Waals surface area contributed by atoms with Crippen molar-refractivity contribution in [2.75, 3.05) is 20.1 Å². The molecule has 0 aromatic carbocycles. The van der Waals surface area contributed by atoms with Crippen LogP contribution in [0.2, 0.25) is 0 Å². The second-order valence-corrected chi connectivity index (χ2v) is 4.15. The van der Waals surface area contributed by atoms with Gasteiger partial charge in [-0.15, -0.1) is 0 Å². The van der Waals surface area contributed by atoms with E-state index in [1.807, 2.05) is 0 Å². The standard InChI is InChI=1S/C9H17NO4.Na.H/c1-9(2,3)14-8(13)6-10(4)5-7(11)12;;/h5-6H2,1-4H3,(H,11,12);;/q;+1;-1. The van der Waals surface area contributed by atoms with E-state index in [0.717, 1.165) is 0 Å². The first-order valence-corrected chi connectivity index (χ1v) is 4.33. The summed E-state index contributed by atoms with van der Waals surface area (Å²) in [6, 6.07) is 0. The molecule has 6 heteroatoms. The third-order valence-corrected chi connectivity index (χ3v) is 1.22. The van der Waals surface area contributed by atoms with Gasteiger partial charge in [0.1, 0.15) is 5.60 Å². The fourth-order valence-electron chi connectivity index (χ4n) is 0.881. The molecule has 84 valence electrons. The summed E-state index contributed by atoms with van der Waals surface area (Å²) in [5.41, 5.74) is -0.527. The van der Waals surface area contributed by atoms with Crippen LogP contribution in [-0.2, 0) is 14.3 Å². The van der Waals surface area contributed by atoms with Crippen molar-refractivity contribution in [3.05, 3.63) is 0 Å². The Balaban J connectivity index is -0.000000845. The van der Waals surface area contributed by atoms with Crippen LogP contribution in [0.4, 0.5) is 0 Å². The Labute approximate surface area is 114 Å². The minimum atomic E-state index is -0.962. The number of likely N-dealkylation sites (N-methyl/N-ethyl adjacent to an activating group) is 1. The van der Waals surface area contributed by atoms with Crippen molar-refractivity contribution in [1.29, 1.82) is 0 Å². The molecule has 0 spiro atoms. The maximum absolute atomic E-state index is 11.2. The Hall–Kier alpha value is -0.100. The van der Waals surface area contributed by atoms with Crippen molar-refractivity contribution < 1.29 is 50.4 Å². The molecule has 0 aliphatic carbocycles. The third-order valence-electron chi connectivity index (χ3n) is 1.22. The molecule has 0 amide bonds. The molecule has 0 aliphatic rings. The molecule has 0 heterocycles. The Bertz CT molecular complexity index is 230. The Kier molecular flexibility index (Phi) is 8.33. The molecule has 0 radical (unpaired) electrons. The predicted octanol–water partition coefficient (Wildman–Crippen LogP) is -2.54. The number of hydrogen-bond donors (Lipinski definition) is 1. The van der Waals surface area contributed by atoms with Crippen LogP contribution in [0.1, 0.15) is 22.2 Å². The van der Waals surface area contributed by atoms with Crippen molar-refractivity contribution >= 4 is 11.9 Å². The normalized spacial score (nSPS) is 10.7. The van der Waals surface area contributed by atoms with Gasteiger partial charge in [0.25, 0.3) is 0 Å². The SMILES string of the molecule is CN(CC(=O)O)CC(=O)OC(C)(C)C.[H-].[Na+]. The van der Waals surface area contributed by atoms with Gasteiger partial charge in [0.15, 0.2) is 0 Å². The van der Waals surface area contributed by atoms with Crippen LogP contribution in [0.3, 0.4) is 0 Å². The van der Waals surface area contributed by atoms with Crippen molar-refractivity contribution in [3.63, 3.8) is 0 Å². The minimum Gasteiger partial charge on any atom is -1.00 e. The van der Waals surface area contributed by atoms with E-state index in [1.54, 1.807) is 27.8 Å². The molecular weight excluding hydrogens is 209 g/mol. The van der Waals surface area contributed by atoms with Gasteiger partial charge in [-0.3, -0.25) is 14.5 Å². The number of carboxylic acids is 1. The summed E-state index contributed by atoms with van der Waals surface area (Å²) in [5, 5.41) is 8.44. The summed E-state index contributed by atoms with van der Waals surface area (Å²) in [5.74, 6) is -1.38. The molecule has 0 aliphatic heterocycles. The zero-order valence-corrected chi connectivity index (χ0v) is 12.0. The first-order valence-electron chi connectivity index (χ1n) is 4.33. The monoisotopic (exact) mass is 227 g/mol. The molecule has 1 N–H and O–H groups in total. The number of carboxylic acid groups (broad SMARTS) is 1. The van der Waals surface area contributed by atoms with E-state index in [9.17, 15) is 9.59 Å². The zero-order chi connectivity index (χ0) is 11.4. The van der Waals surface area contributed by atoms with E-state index < -0.39 is 17.5 Å². The quantitative estimate of drug-likeness (QED) is 0.423. The summed E-state index contributed by atoms with van der Waals surface area (Å²) in [7, 11) is 1.55. The molecule has 0 aromatic rings. The van der Waals surface area contributed by atoms with E-state index in [0.29, 0.717) is 0 Å². The number of ether oxygens (including phenoxy) is 1. The van der Waals surface area contributed by atoms with Crippen LogP contribution in [0.25, 0.3) is 0 Å². The average Bonchev–Trinajstić information content (AvgIpc) is 1.77. The molecule has 15 heavy (non-hydrogen) atoms. The summed E-state index contributed by atoms with van der Waals surface area (Å²) in [4.78, 5) is 22.9. The Morgan fingerprint density at radius 1 is 1.33 bits per heavy atom. The van der Waals surface area contributed by atoms with Crippen LogP contribution in [0.5, 0.6) is 0 Å². The van der Waals surface area contributed by atoms with Crippen LogP contribution in [-0.4, -0.2) is 47.7 Å². The fourth-order valence-corrected chi connectivity index (χ4v) is 0.881. The van der Waals surface area contributed by atoms with Gasteiger partial charge in [-0.1, -0.05) is 0 Å². The summed E-state index contributed by atoms with van der Waals surface area (Å²) in [6.07, 6.45) is 0. The molecule has 0 bridgehead atoms. The van der Waals surface area contributed by atoms with Gasteiger partial charge in [-0.25, -0.2) is 0 Å². The first-order chi connectivity index (χ1) is 6.20. The molecule has 0 rings (SSSR count). The Morgan fingerprint density at radius 2 is 1.80 bits per heavy atom. The van der Waals surface area contributed by atoms with Gasteiger partial charge in [0.05, 0.1) is 13.1 Å². The zero-order valence-electron chi connectivity index (χ0n) is 11.0. The largest absolute Gasteiger partial charge is 1.00 e. The van der Waals surface area contributed by atoms with Crippen LogP contribution >= 0.6 is 0 Å². The summed E-state index contributed by atoms with van der Waals surface area (Å²) in [6.45, 7) is 5.12. The number of rotatable bonds is 4. The predicted molar refractivity (Wildman–Crippen MR) is 52.1 cm³/mol. The van der Waals surface area contributed by atoms with Crippen molar-refractivity contribution in [2.45, 2.75) is 26.4 Å². The van der Waals surface area contributed by atoms with E-state index >= 15 is 0 Å². The smallest absolute Gasteiger partial charge is 1.00 e. The van der Waals surface area contributed by atoms with E-state index in [4.69, 9.17) is 9.84 Å². The van der Waals surface area contributed by atoms with Gasteiger partial charge in [-0.05, 0) is 27.8 Å². The first kappa shape index (κ1) is 17.3. The van der Waals surface area contributed by atoms with Gasteiger partial charge < -0.3 is 11.3 Å². The molecule has 5 nitrogen and oxygen atoms in total. The molecular formula is C9H18NNaO4. The van der Waals surface area contributed by atoms with Gasteiger partial charge in [0, 0.05) is 0 Å². The number of esters is 1. The Morgan fingerprint density at radius 3 is 2.13 bits per heavy atom. The number of carbonyl (C=O) groups is 2. The average molecular weight is 227 g/mol. The van der Waals surface area contributed by atoms with Crippen molar-refractivity contribution in [3.8, 4) is 0 Å². The maximum Gasteiger partial charge on any atom is 1.00 e. The van der Waals surface area contributed by atoms with Crippen LogP contribution in [0.15, 0.2) is 0 Å². The molecule has 0 aromatic heterocycles. The second-order valence-electron chi connectivity index (χ2n) is 4.15. The van der Waals surface area contributed by atoms with E-state index in [2.05, 4.69) is 0 Å². The fraction of sp³-hybridized carbons (Fsp3) is 0.778. The van der Waals surface area contributed by atoms with Gasteiger partial charge in [-0.2, -0.15) is 0 Å². The molecule has 0 unspecified atom stereocenters. The summed E-state index contributed by atoms with van der Waals surface area (Å²) < 4.78 is 5.02. The number of carbonyl (C=O) groups excluding carboxylic acids is 1. The van der Waals surface area contributed by atoms with E-state index in [-0.39, 0.29) is 44.1 Å².